The molecule has 0 atom stereocenters. The normalized spacial score (nSPS) is 11.6. The van der Waals surface area contributed by atoms with Crippen LogP contribution < -0.4 is 11.1 Å². The molecule has 14 heavy (non-hydrogen) atoms. The van der Waals surface area contributed by atoms with Gasteiger partial charge in [0.15, 0.2) is 9.84 Å². The van der Waals surface area contributed by atoms with Crippen LogP contribution in [-0.2, 0) is 16.4 Å². The predicted molar refractivity (Wildman–Crippen MR) is 56.7 cm³/mol. The Hall–Kier alpha value is -1.07. The lowest BCUT2D eigenvalue weighted by atomic mass is 10.2. The number of nitrogen functional groups attached to an aromatic ring is 1. The molecule has 1 aromatic carbocycles. The van der Waals surface area contributed by atoms with E-state index in [-0.39, 0.29) is 4.90 Å². The molecule has 0 unspecified atom stereocenters. The molecule has 0 aliphatic rings. The number of nitrogens with one attached hydrogen (secondary N) is 1. The van der Waals surface area contributed by atoms with Crippen molar-refractivity contribution in [3.05, 3.63) is 23.8 Å². The van der Waals surface area contributed by atoms with Gasteiger partial charge in [0, 0.05) is 12.8 Å². The number of benzene rings is 1. The molecule has 1 aromatic rings. The molecule has 5 heteroatoms. The first-order valence-corrected chi connectivity index (χ1v) is 6.07. The van der Waals surface area contributed by atoms with Crippen molar-refractivity contribution in [2.24, 2.45) is 0 Å². The second-order valence-corrected chi connectivity index (χ2v) is 5.16. The van der Waals surface area contributed by atoms with Gasteiger partial charge in [-0.1, -0.05) is 6.07 Å². The van der Waals surface area contributed by atoms with E-state index in [0.717, 1.165) is 11.8 Å². The maximum absolute atomic E-state index is 11.3. The summed E-state index contributed by atoms with van der Waals surface area (Å²) in [6.45, 7) is 0.628. The molecular formula is C9H14N2O2S. The SMILES string of the molecule is CNCc1ccc(N)c(S(C)(=O)=O)c1. The van der Waals surface area contributed by atoms with Crippen LogP contribution in [0.5, 0.6) is 0 Å². The molecule has 3 N–H and O–H groups in total. The first-order chi connectivity index (χ1) is 6.45. The number of hydrogen-bond donors (Lipinski definition) is 2. The Morgan fingerprint density at radius 3 is 2.57 bits per heavy atom. The van der Waals surface area contributed by atoms with Crippen molar-refractivity contribution in [2.75, 3.05) is 19.0 Å². The highest BCUT2D eigenvalue weighted by molar-refractivity contribution is 7.90. The van der Waals surface area contributed by atoms with E-state index in [0.29, 0.717) is 12.2 Å². The minimum Gasteiger partial charge on any atom is -0.398 e. The van der Waals surface area contributed by atoms with E-state index in [9.17, 15) is 8.42 Å². The van der Waals surface area contributed by atoms with Crippen LogP contribution in [0.2, 0.25) is 0 Å². The molecule has 0 fully saturated rings. The van der Waals surface area contributed by atoms with Crippen LogP contribution in [0.25, 0.3) is 0 Å². The molecule has 0 amide bonds. The number of hydrogen-bond acceptors (Lipinski definition) is 4. The number of nitrogens with two attached hydrogens (primary N) is 1. The zero-order valence-electron chi connectivity index (χ0n) is 8.24. The van der Waals surface area contributed by atoms with E-state index in [2.05, 4.69) is 5.32 Å². The van der Waals surface area contributed by atoms with Crippen molar-refractivity contribution >= 4 is 15.5 Å². The molecule has 1 rings (SSSR count). The Morgan fingerprint density at radius 2 is 2.07 bits per heavy atom. The fourth-order valence-corrected chi connectivity index (χ4v) is 2.08. The fourth-order valence-electron chi connectivity index (χ4n) is 1.21. The van der Waals surface area contributed by atoms with Gasteiger partial charge in [-0.05, 0) is 24.7 Å². The van der Waals surface area contributed by atoms with Gasteiger partial charge in [-0.3, -0.25) is 0 Å². The molecule has 0 heterocycles. The smallest absolute Gasteiger partial charge is 0.177 e. The van der Waals surface area contributed by atoms with Crippen LogP contribution in [0, 0.1) is 0 Å². The summed E-state index contributed by atoms with van der Waals surface area (Å²) in [5.41, 5.74) is 6.78. The standard InChI is InChI=1S/C9H14N2O2S/c1-11-6-7-3-4-8(10)9(5-7)14(2,12)13/h3-5,11H,6,10H2,1-2H3. The fraction of sp³-hybridized carbons (Fsp3) is 0.333. The third-order valence-corrected chi connectivity index (χ3v) is 3.01. The lowest BCUT2D eigenvalue weighted by Crippen LogP contribution is -2.08. The molecule has 0 spiro atoms. The Morgan fingerprint density at radius 1 is 1.43 bits per heavy atom. The van der Waals surface area contributed by atoms with Crippen LogP contribution in [0.1, 0.15) is 5.56 Å². The third kappa shape index (κ3) is 2.46. The average Bonchev–Trinajstić information content (AvgIpc) is 2.07. The Labute approximate surface area is 84.0 Å². The third-order valence-electron chi connectivity index (χ3n) is 1.86. The molecule has 0 radical (unpaired) electrons. The minimum absolute atomic E-state index is 0.199. The summed E-state index contributed by atoms with van der Waals surface area (Å²) >= 11 is 0. The van der Waals surface area contributed by atoms with Crippen LogP contribution in [0.3, 0.4) is 0 Å². The summed E-state index contributed by atoms with van der Waals surface area (Å²) in [4.78, 5) is 0.199. The van der Waals surface area contributed by atoms with Gasteiger partial charge in [0.1, 0.15) is 0 Å². The first kappa shape index (κ1) is 11.0. The molecule has 0 saturated carbocycles. The molecule has 0 aliphatic carbocycles. The van der Waals surface area contributed by atoms with Gasteiger partial charge in [-0.15, -0.1) is 0 Å². The predicted octanol–water partition coefficient (Wildman–Crippen LogP) is 0.392. The maximum Gasteiger partial charge on any atom is 0.177 e. The molecule has 0 saturated heterocycles. The minimum atomic E-state index is -3.23. The number of anilines is 1. The van der Waals surface area contributed by atoms with Crippen LogP contribution in [-0.4, -0.2) is 21.7 Å². The average molecular weight is 214 g/mol. The van der Waals surface area contributed by atoms with Crippen LogP contribution in [0.15, 0.2) is 23.1 Å². The monoisotopic (exact) mass is 214 g/mol. The number of sulfone groups is 1. The summed E-state index contributed by atoms with van der Waals surface area (Å²) in [5, 5.41) is 2.95. The van der Waals surface area contributed by atoms with Gasteiger partial charge < -0.3 is 11.1 Å². The van der Waals surface area contributed by atoms with E-state index in [1.807, 2.05) is 0 Å². The van der Waals surface area contributed by atoms with Gasteiger partial charge in [0.2, 0.25) is 0 Å². The van der Waals surface area contributed by atoms with Crippen LogP contribution >= 0.6 is 0 Å². The lowest BCUT2D eigenvalue weighted by Gasteiger charge is -2.06. The van der Waals surface area contributed by atoms with Gasteiger partial charge in [0.25, 0.3) is 0 Å². The first-order valence-electron chi connectivity index (χ1n) is 4.18. The van der Waals surface area contributed by atoms with Gasteiger partial charge in [-0.2, -0.15) is 0 Å². The summed E-state index contributed by atoms with van der Waals surface area (Å²) in [7, 11) is -1.43. The van der Waals surface area contributed by atoms with Crippen molar-refractivity contribution in [3.63, 3.8) is 0 Å². The van der Waals surface area contributed by atoms with E-state index >= 15 is 0 Å². The molecule has 0 bridgehead atoms. The molecule has 78 valence electrons. The lowest BCUT2D eigenvalue weighted by molar-refractivity contribution is 0.602. The summed E-state index contributed by atoms with van der Waals surface area (Å²) < 4.78 is 22.6. The topological polar surface area (TPSA) is 72.2 Å². The molecule has 0 aromatic heterocycles. The van der Waals surface area contributed by atoms with Crippen molar-refractivity contribution in [2.45, 2.75) is 11.4 Å². The summed E-state index contributed by atoms with van der Waals surface area (Å²) in [5.74, 6) is 0. The molecule has 0 aliphatic heterocycles. The summed E-state index contributed by atoms with van der Waals surface area (Å²) in [6, 6.07) is 5.02. The Bertz CT molecular complexity index is 426. The van der Waals surface area contributed by atoms with Gasteiger partial charge >= 0.3 is 0 Å². The van der Waals surface area contributed by atoms with Crippen molar-refractivity contribution in [1.29, 1.82) is 0 Å². The van der Waals surface area contributed by atoms with Crippen molar-refractivity contribution < 1.29 is 8.42 Å². The molecular weight excluding hydrogens is 200 g/mol. The zero-order chi connectivity index (χ0) is 10.8. The number of rotatable bonds is 3. The van der Waals surface area contributed by atoms with Crippen molar-refractivity contribution in [3.8, 4) is 0 Å². The maximum atomic E-state index is 11.3. The quantitative estimate of drug-likeness (QED) is 0.714. The largest absolute Gasteiger partial charge is 0.398 e. The highest BCUT2D eigenvalue weighted by Crippen LogP contribution is 2.19. The zero-order valence-corrected chi connectivity index (χ0v) is 9.06. The second kappa shape index (κ2) is 3.98. The summed E-state index contributed by atoms with van der Waals surface area (Å²) in [6.07, 6.45) is 1.15. The van der Waals surface area contributed by atoms with E-state index in [1.165, 1.54) is 0 Å². The van der Waals surface area contributed by atoms with E-state index in [4.69, 9.17) is 5.73 Å². The van der Waals surface area contributed by atoms with E-state index in [1.54, 1.807) is 25.2 Å². The second-order valence-electron chi connectivity index (χ2n) is 3.17. The van der Waals surface area contributed by atoms with E-state index < -0.39 is 9.84 Å². The molecule has 4 nitrogen and oxygen atoms in total. The highest BCUT2D eigenvalue weighted by Gasteiger charge is 2.11. The Kier molecular flexibility index (Phi) is 3.13. The Balaban J connectivity index is 3.22. The highest BCUT2D eigenvalue weighted by atomic mass is 32.2. The van der Waals surface area contributed by atoms with Crippen LogP contribution in [0.4, 0.5) is 5.69 Å². The van der Waals surface area contributed by atoms with Crippen molar-refractivity contribution in [1.82, 2.24) is 5.32 Å². The van der Waals surface area contributed by atoms with Gasteiger partial charge in [-0.25, -0.2) is 8.42 Å². The van der Waals surface area contributed by atoms with Gasteiger partial charge in [0.05, 0.1) is 10.6 Å².